The van der Waals surface area contributed by atoms with Crippen molar-refractivity contribution in [2.75, 3.05) is 6.61 Å². The Kier molecular flexibility index (Phi) is 4.47. The van der Waals surface area contributed by atoms with E-state index in [0.717, 1.165) is 5.56 Å². The summed E-state index contributed by atoms with van der Waals surface area (Å²) in [5, 5.41) is 19.6. The summed E-state index contributed by atoms with van der Waals surface area (Å²) in [5.74, 6) is -2.65. The summed E-state index contributed by atoms with van der Waals surface area (Å²) >= 11 is 0. The van der Waals surface area contributed by atoms with Crippen LogP contribution in [0, 0.1) is 0 Å². The van der Waals surface area contributed by atoms with Crippen LogP contribution < -0.4 is 5.32 Å². The van der Waals surface area contributed by atoms with Gasteiger partial charge in [0.05, 0.1) is 12.6 Å². The largest absolute Gasteiger partial charge is 0.474 e. The molecule has 3 N–H and O–H groups in total. The highest BCUT2D eigenvalue weighted by molar-refractivity contribution is 6.31. The number of amides is 1. The molecule has 5 nitrogen and oxygen atoms in total. The highest BCUT2D eigenvalue weighted by atomic mass is 16.4. The van der Waals surface area contributed by atoms with Gasteiger partial charge in [0, 0.05) is 0 Å². The molecule has 1 aromatic rings. The van der Waals surface area contributed by atoms with Gasteiger partial charge in [-0.2, -0.15) is 0 Å². The number of benzene rings is 1. The summed E-state index contributed by atoms with van der Waals surface area (Å²) in [5.41, 5.74) is 0.923. The third kappa shape index (κ3) is 3.70. The quantitative estimate of drug-likeness (QED) is 0.616. The first-order valence-corrected chi connectivity index (χ1v) is 4.82. The molecular weight excluding hydrogens is 210 g/mol. The van der Waals surface area contributed by atoms with Crippen LogP contribution in [0.15, 0.2) is 30.3 Å². The molecule has 86 valence electrons. The van der Waals surface area contributed by atoms with Crippen LogP contribution in [0.4, 0.5) is 0 Å². The molecule has 5 heteroatoms. The Balaban J connectivity index is 2.56. The zero-order chi connectivity index (χ0) is 12.0. The molecule has 1 atom stereocenters. The maximum absolute atomic E-state index is 10.9. The Morgan fingerprint density at radius 3 is 2.38 bits per heavy atom. The monoisotopic (exact) mass is 223 g/mol. The van der Waals surface area contributed by atoms with Crippen LogP contribution in [-0.2, 0) is 16.0 Å². The van der Waals surface area contributed by atoms with Gasteiger partial charge in [0.1, 0.15) is 0 Å². The Hall–Kier alpha value is -1.88. The zero-order valence-corrected chi connectivity index (χ0v) is 8.59. The van der Waals surface area contributed by atoms with Gasteiger partial charge in [-0.15, -0.1) is 0 Å². The van der Waals surface area contributed by atoms with E-state index >= 15 is 0 Å². The minimum atomic E-state index is -1.55. The first kappa shape index (κ1) is 12.2. The molecule has 0 aliphatic rings. The van der Waals surface area contributed by atoms with Crippen molar-refractivity contribution < 1.29 is 19.8 Å². The minimum Gasteiger partial charge on any atom is -0.474 e. The van der Waals surface area contributed by atoms with Gasteiger partial charge in [-0.05, 0) is 12.0 Å². The normalized spacial score (nSPS) is 11.8. The lowest BCUT2D eigenvalue weighted by Gasteiger charge is -2.14. The SMILES string of the molecule is O=C(O)C(=O)NC(CO)Cc1ccccc1. The Morgan fingerprint density at radius 1 is 1.25 bits per heavy atom. The van der Waals surface area contributed by atoms with Crippen molar-refractivity contribution in [2.24, 2.45) is 0 Å². The van der Waals surface area contributed by atoms with Crippen LogP contribution >= 0.6 is 0 Å². The molecule has 0 heterocycles. The second-order valence-electron chi connectivity index (χ2n) is 3.35. The zero-order valence-electron chi connectivity index (χ0n) is 8.59. The summed E-state index contributed by atoms with van der Waals surface area (Å²) < 4.78 is 0. The van der Waals surface area contributed by atoms with E-state index in [1.165, 1.54) is 0 Å². The van der Waals surface area contributed by atoms with Crippen molar-refractivity contribution in [3.63, 3.8) is 0 Å². The van der Waals surface area contributed by atoms with E-state index in [1.54, 1.807) is 0 Å². The molecule has 16 heavy (non-hydrogen) atoms. The van der Waals surface area contributed by atoms with E-state index in [0.29, 0.717) is 6.42 Å². The first-order valence-electron chi connectivity index (χ1n) is 4.82. The van der Waals surface area contributed by atoms with Crippen LogP contribution in [0.25, 0.3) is 0 Å². The lowest BCUT2D eigenvalue weighted by molar-refractivity contribution is -0.150. The van der Waals surface area contributed by atoms with Gasteiger partial charge in [0.15, 0.2) is 0 Å². The summed E-state index contributed by atoms with van der Waals surface area (Å²) in [6.45, 7) is -0.298. The first-order chi connectivity index (χ1) is 7.63. The van der Waals surface area contributed by atoms with Crippen molar-refractivity contribution in [1.29, 1.82) is 0 Å². The average Bonchev–Trinajstić information content (AvgIpc) is 2.29. The number of aliphatic hydroxyl groups is 1. The average molecular weight is 223 g/mol. The third-order valence-corrected chi connectivity index (χ3v) is 2.07. The lowest BCUT2D eigenvalue weighted by Crippen LogP contribution is -2.42. The number of carbonyl (C=O) groups is 2. The van der Waals surface area contributed by atoms with Gasteiger partial charge in [0.25, 0.3) is 0 Å². The summed E-state index contributed by atoms with van der Waals surface area (Å²) in [4.78, 5) is 21.2. The fourth-order valence-corrected chi connectivity index (χ4v) is 1.31. The predicted octanol–water partition coefficient (Wildman–Crippen LogP) is -0.209. The molecule has 0 aromatic heterocycles. The van der Waals surface area contributed by atoms with Gasteiger partial charge < -0.3 is 15.5 Å². The van der Waals surface area contributed by atoms with Gasteiger partial charge in [-0.3, -0.25) is 4.79 Å². The van der Waals surface area contributed by atoms with E-state index in [9.17, 15) is 9.59 Å². The Bertz CT molecular complexity index is 364. The molecule has 0 radical (unpaired) electrons. The van der Waals surface area contributed by atoms with Crippen LogP contribution in [-0.4, -0.2) is 34.7 Å². The van der Waals surface area contributed by atoms with E-state index < -0.39 is 17.9 Å². The Morgan fingerprint density at radius 2 is 1.88 bits per heavy atom. The van der Waals surface area contributed by atoms with E-state index in [4.69, 9.17) is 10.2 Å². The van der Waals surface area contributed by atoms with Crippen molar-refractivity contribution >= 4 is 11.9 Å². The van der Waals surface area contributed by atoms with Crippen molar-refractivity contribution in [3.8, 4) is 0 Å². The molecular formula is C11H13NO4. The third-order valence-electron chi connectivity index (χ3n) is 2.07. The molecule has 0 saturated carbocycles. The standard InChI is InChI=1S/C11H13NO4/c13-7-9(12-10(14)11(15)16)6-8-4-2-1-3-5-8/h1-5,9,13H,6-7H2,(H,12,14)(H,15,16). The fraction of sp³-hybridized carbons (Fsp3) is 0.273. The van der Waals surface area contributed by atoms with Crippen molar-refractivity contribution in [1.82, 2.24) is 5.32 Å². The van der Waals surface area contributed by atoms with Gasteiger partial charge in [-0.1, -0.05) is 30.3 Å². The van der Waals surface area contributed by atoms with E-state index in [2.05, 4.69) is 5.32 Å². The maximum atomic E-state index is 10.9. The fourth-order valence-electron chi connectivity index (χ4n) is 1.31. The molecule has 1 rings (SSSR count). The Labute approximate surface area is 92.7 Å². The molecule has 0 aliphatic heterocycles. The van der Waals surface area contributed by atoms with Crippen LogP contribution in [0.5, 0.6) is 0 Å². The van der Waals surface area contributed by atoms with Crippen LogP contribution in [0.1, 0.15) is 5.56 Å². The second-order valence-corrected chi connectivity index (χ2v) is 3.35. The maximum Gasteiger partial charge on any atom is 0.394 e. The molecule has 0 fully saturated rings. The number of aliphatic carboxylic acids is 1. The van der Waals surface area contributed by atoms with Gasteiger partial charge in [0.2, 0.25) is 0 Å². The van der Waals surface area contributed by atoms with Crippen LogP contribution in [0.3, 0.4) is 0 Å². The highest BCUT2D eigenvalue weighted by Crippen LogP contribution is 2.02. The molecule has 0 aliphatic carbocycles. The number of carboxylic acids is 1. The topological polar surface area (TPSA) is 86.6 Å². The number of hydrogen-bond donors (Lipinski definition) is 3. The number of nitrogens with one attached hydrogen (secondary N) is 1. The van der Waals surface area contributed by atoms with E-state index in [-0.39, 0.29) is 6.61 Å². The van der Waals surface area contributed by atoms with Gasteiger partial charge in [-0.25, -0.2) is 4.79 Å². The van der Waals surface area contributed by atoms with Crippen molar-refractivity contribution in [3.05, 3.63) is 35.9 Å². The molecule has 0 spiro atoms. The molecule has 1 amide bonds. The number of carbonyl (C=O) groups excluding carboxylic acids is 1. The number of hydrogen-bond acceptors (Lipinski definition) is 3. The molecule has 0 bridgehead atoms. The van der Waals surface area contributed by atoms with Crippen LogP contribution in [0.2, 0.25) is 0 Å². The number of rotatable bonds is 4. The molecule has 1 unspecified atom stereocenters. The molecule has 1 aromatic carbocycles. The number of aliphatic hydroxyl groups excluding tert-OH is 1. The number of carboxylic acid groups (broad SMARTS) is 1. The van der Waals surface area contributed by atoms with E-state index in [1.807, 2.05) is 30.3 Å². The van der Waals surface area contributed by atoms with Crippen molar-refractivity contribution in [2.45, 2.75) is 12.5 Å². The summed E-state index contributed by atoms with van der Waals surface area (Å²) in [6.07, 6.45) is 0.399. The predicted molar refractivity (Wildman–Crippen MR) is 56.8 cm³/mol. The molecule has 0 saturated heterocycles. The summed E-state index contributed by atoms with van der Waals surface area (Å²) in [7, 11) is 0. The highest BCUT2D eigenvalue weighted by Gasteiger charge is 2.16. The van der Waals surface area contributed by atoms with Gasteiger partial charge >= 0.3 is 11.9 Å². The minimum absolute atomic E-state index is 0.298. The lowest BCUT2D eigenvalue weighted by atomic mass is 10.1. The smallest absolute Gasteiger partial charge is 0.394 e. The summed E-state index contributed by atoms with van der Waals surface area (Å²) in [6, 6.07) is 8.63. The second kappa shape index (κ2) is 5.87.